The van der Waals surface area contributed by atoms with Crippen LogP contribution in [0.15, 0.2) is 30.3 Å². The fraction of sp³-hybridized carbons (Fsp3) is 0.526. The van der Waals surface area contributed by atoms with Crippen molar-refractivity contribution < 1.29 is 23.9 Å². The van der Waals surface area contributed by atoms with Gasteiger partial charge in [0.1, 0.15) is 18.2 Å². The van der Waals surface area contributed by atoms with Gasteiger partial charge in [-0.2, -0.15) is 0 Å². The summed E-state index contributed by atoms with van der Waals surface area (Å²) in [4.78, 5) is 36.2. The predicted octanol–water partition coefficient (Wildman–Crippen LogP) is 2.54. The van der Waals surface area contributed by atoms with E-state index in [1.54, 1.807) is 20.8 Å². The molecule has 1 rings (SSSR count). The number of hydrogen-bond acceptors (Lipinski definition) is 5. The monoisotopic (exact) mass is 364 g/mol. The Morgan fingerprint density at radius 1 is 1.12 bits per heavy atom. The second kappa shape index (κ2) is 10.4. The van der Waals surface area contributed by atoms with Gasteiger partial charge in [0, 0.05) is 6.54 Å². The summed E-state index contributed by atoms with van der Waals surface area (Å²) in [7, 11) is 0. The molecule has 1 atom stereocenters. The molecule has 0 aromatic heterocycles. The highest BCUT2D eigenvalue weighted by molar-refractivity contribution is 5.89. The van der Waals surface area contributed by atoms with Crippen LogP contribution in [-0.2, 0) is 25.7 Å². The van der Waals surface area contributed by atoms with Crippen LogP contribution in [0.4, 0.5) is 4.79 Å². The lowest BCUT2D eigenvalue weighted by molar-refractivity contribution is -0.147. The van der Waals surface area contributed by atoms with E-state index in [2.05, 4.69) is 10.6 Å². The molecule has 0 aliphatic rings. The highest BCUT2D eigenvalue weighted by Gasteiger charge is 2.27. The van der Waals surface area contributed by atoms with Gasteiger partial charge in [-0.3, -0.25) is 9.59 Å². The minimum absolute atomic E-state index is 0.107. The smallest absolute Gasteiger partial charge is 0.408 e. The fourth-order valence-corrected chi connectivity index (χ4v) is 1.99. The predicted molar refractivity (Wildman–Crippen MR) is 97.3 cm³/mol. The molecule has 0 saturated heterocycles. The van der Waals surface area contributed by atoms with Gasteiger partial charge in [-0.25, -0.2) is 4.79 Å². The van der Waals surface area contributed by atoms with Crippen LogP contribution in [0.25, 0.3) is 0 Å². The van der Waals surface area contributed by atoms with Crippen molar-refractivity contribution in [3.8, 4) is 0 Å². The van der Waals surface area contributed by atoms with Gasteiger partial charge in [0.05, 0.1) is 6.42 Å². The van der Waals surface area contributed by atoms with Gasteiger partial charge in [0.15, 0.2) is 0 Å². The average molecular weight is 364 g/mol. The van der Waals surface area contributed by atoms with E-state index in [1.165, 1.54) is 0 Å². The number of rotatable bonds is 8. The van der Waals surface area contributed by atoms with Crippen LogP contribution in [0, 0.1) is 0 Å². The Bertz CT molecular complexity index is 596. The van der Waals surface area contributed by atoms with Gasteiger partial charge in [0.25, 0.3) is 0 Å². The molecule has 0 radical (unpaired) electrons. The molecule has 0 spiro atoms. The maximum Gasteiger partial charge on any atom is 0.408 e. The first kappa shape index (κ1) is 21.5. The summed E-state index contributed by atoms with van der Waals surface area (Å²) >= 11 is 0. The number of alkyl carbamates (subject to hydrolysis) is 1. The number of carbonyl (C=O) groups is 3. The Morgan fingerprint density at radius 3 is 2.35 bits per heavy atom. The third-order valence-electron chi connectivity index (χ3n) is 3.17. The molecular formula is C19H28N2O5. The molecule has 1 aromatic carbocycles. The Kier molecular flexibility index (Phi) is 8.61. The van der Waals surface area contributed by atoms with Crippen molar-refractivity contribution in [3.63, 3.8) is 0 Å². The number of nitrogens with one attached hydrogen (secondary N) is 2. The van der Waals surface area contributed by atoms with Crippen molar-refractivity contribution >= 4 is 18.0 Å². The van der Waals surface area contributed by atoms with Crippen molar-refractivity contribution in [2.75, 3.05) is 6.54 Å². The van der Waals surface area contributed by atoms with E-state index in [1.807, 2.05) is 37.3 Å². The first-order chi connectivity index (χ1) is 12.2. The van der Waals surface area contributed by atoms with Crippen molar-refractivity contribution in [2.45, 2.75) is 58.8 Å². The van der Waals surface area contributed by atoms with Gasteiger partial charge in [-0.05, 0) is 32.8 Å². The second-order valence-corrected chi connectivity index (χ2v) is 6.84. The first-order valence-corrected chi connectivity index (χ1v) is 8.68. The fourth-order valence-electron chi connectivity index (χ4n) is 1.99. The summed E-state index contributed by atoms with van der Waals surface area (Å²) in [5, 5.41) is 5.10. The third kappa shape index (κ3) is 9.05. The van der Waals surface area contributed by atoms with E-state index in [0.29, 0.717) is 6.54 Å². The number of carbonyl (C=O) groups excluding carboxylic acids is 3. The standard InChI is InChI=1S/C19H28N2O5/c1-5-11-20-17(23)15(21-18(24)26-19(2,3)4)12-16(22)25-13-14-9-7-6-8-10-14/h6-10,15H,5,11-13H2,1-4H3,(H,20,23)(H,21,24). The first-order valence-electron chi connectivity index (χ1n) is 8.68. The van der Waals surface area contributed by atoms with Gasteiger partial charge in [-0.1, -0.05) is 37.3 Å². The molecule has 7 heteroatoms. The summed E-state index contributed by atoms with van der Waals surface area (Å²) in [5.41, 5.74) is 0.135. The summed E-state index contributed by atoms with van der Waals surface area (Å²) in [6.45, 7) is 7.61. The zero-order chi connectivity index (χ0) is 19.6. The molecule has 0 saturated carbocycles. The molecule has 144 valence electrons. The highest BCUT2D eigenvalue weighted by atomic mass is 16.6. The minimum Gasteiger partial charge on any atom is -0.461 e. The van der Waals surface area contributed by atoms with Crippen LogP contribution in [0.3, 0.4) is 0 Å². The quantitative estimate of drug-likeness (QED) is 0.692. The Morgan fingerprint density at radius 2 is 1.77 bits per heavy atom. The maximum atomic E-state index is 12.2. The zero-order valence-corrected chi connectivity index (χ0v) is 15.8. The molecule has 0 fully saturated rings. The zero-order valence-electron chi connectivity index (χ0n) is 15.8. The van der Waals surface area contributed by atoms with Gasteiger partial charge < -0.3 is 20.1 Å². The molecule has 1 aromatic rings. The molecule has 7 nitrogen and oxygen atoms in total. The average Bonchev–Trinajstić information content (AvgIpc) is 2.56. The number of hydrogen-bond donors (Lipinski definition) is 2. The van der Waals surface area contributed by atoms with Gasteiger partial charge in [-0.15, -0.1) is 0 Å². The van der Waals surface area contributed by atoms with E-state index in [0.717, 1.165) is 12.0 Å². The van der Waals surface area contributed by atoms with Crippen molar-refractivity contribution in [1.82, 2.24) is 10.6 Å². The molecular weight excluding hydrogens is 336 g/mol. The van der Waals surface area contributed by atoms with Crippen LogP contribution in [0.2, 0.25) is 0 Å². The van der Waals surface area contributed by atoms with Crippen molar-refractivity contribution in [3.05, 3.63) is 35.9 Å². The molecule has 0 bridgehead atoms. The van der Waals surface area contributed by atoms with Gasteiger partial charge in [0.2, 0.25) is 5.91 Å². The number of ether oxygens (including phenoxy) is 2. The molecule has 0 aliphatic heterocycles. The molecule has 0 heterocycles. The van der Waals surface area contributed by atoms with Crippen molar-refractivity contribution in [2.24, 2.45) is 0 Å². The van der Waals surface area contributed by atoms with E-state index in [4.69, 9.17) is 9.47 Å². The summed E-state index contributed by atoms with van der Waals surface area (Å²) in [5.74, 6) is -1.03. The maximum absolute atomic E-state index is 12.2. The SMILES string of the molecule is CCCNC(=O)C(CC(=O)OCc1ccccc1)NC(=O)OC(C)(C)C. The highest BCUT2D eigenvalue weighted by Crippen LogP contribution is 2.08. The third-order valence-corrected chi connectivity index (χ3v) is 3.17. The normalized spacial score (nSPS) is 12.0. The lowest BCUT2D eigenvalue weighted by Crippen LogP contribution is -2.49. The van der Waals surface area contributed by atoms with Crippen LogP contribution >= 0.6 is 0 Å². The molecule has 26 heavy (non-hydrogen) atoms. The second-order valence-electron chi connectivity index (χ2n) is 6.84. The summed E-state index contributed by atoms with van der Waals surface area (Å²) < 4.78 is 10.3. The van der Waals surface area contributed by atoms with Crippen LogP contribution in [-0.4, -0.2) is 36.2 Å². The van der Waals surface area contributed by atoms with E-state index < -0.39 is 29.6 Å². The lowest BCUT2D eigenvalue weighted by Gasteiger charge is -2.23. The largest absolute Gasteiger partial charge is 0.461 e. The summed E-state index contributed by atoms with van der Waals surface area (Å²) in [6, 6.07) is 8.15. The molecule has 2 N–H and O–H groups in total. The van der Waals surface area contributed by atoms with E-state index in [-0.39, 0.29) is 13.0 Å². The number of amides is 2. The Balaban J connectivity index is 2.63. The van der Waals surface area contributed by atoms with Crippen LogP contribution < -0.4 is 10.6 Å². The molecule has 0 aliphatic carbocycles. The summed E-state index contributed by atoms with van der Waals surface area (Å²) in [6.07, 6.45) is -0.296. The molecule has 2 amide bonds. The van der Waals surface area contributed by atoms with Crippen molar-refractivity contribution in [1.29, 1.82) is 0 Å². The molecule has 1 unspecified atom stereocenters. The van der Waals surface area contributed by atoms with E-state index >= 15 is 0 Å². The Labute approximate surface area is 154 Å². The van der Waals surface area contributed by atoms with Gasteiger partial charge >= 0.3 is 12.1 Å². The lowest BCUT2D eigenvalue weighted by atomic mass is 10.2. The minimum atomic E-state index is -1.06. The number of esters is 1. The number of benzene rings is 1. The van der Waals surface area contributed by atoms with E-state index in [9.17, 15) is 14.4 Å². The Hall–Kier alpha value is -2.57. The topological polar surface area (TPSA) is 93.7 Å². The van der Waals surface area contributed by atoms with Crippen LogP contribution in [0.1, 0.15) is 46.1 Å². The van der Waals surface area contributed by atoms with Crippen LogP contribution in [0.5, 0.6) is 0 Å².